The van der Waals surface area contributed by atoms with Crippen molar-refractivity contribution in [2.45, 2.75) is 32.3 Å². The summed E-state index contributed by atoms with van der Waals surface area (Å²) in [6.45, 7) is 3.99. The lowest BCUT2D eigenvalue weighted by Crippen LogP contribution is -2.42. The molecule has 0 aromatic carbocycles. The van der Waals surface area contributed by atoms with Gasteiger partial charge in [-0.2, -0.15) is 0 Å². The van der Waals surface area contributed by atoms with Crippen LogP contribution in [0.1, 0.15) is 37.2 Å². The van der Waals surface area contributed by atoms with Crippen LogP contribution in [-0.4, -0.2) is 28.3 Å². The molecule has 2 rings (SSSR count). The van der Waals surface area contributed by atoms with E-state index in [4.69, 9.17) is 4.52 Å². The van der Waals surface area contributed by atoms with E-state index in [-0.39, 0.29) is 18.1 Å². The molecule has 0 aliphatic heterocycles. The van der Waals surface area contributed by atoms with Crippen molar-refractivity contribution >= 4 is 17.2 Å². The van der Waals surface area contributed by atoms with Crippen LogP contribution in [0.15, 0.2) is 28.1 Å². The van der Waals surface area contributed by atoms with Crippen molar-refractivity contribution in [1.29, 1.82) is 0 Å². The molecule has 1 amide bonds. The first-order valence-corrected chi connectivity index (χ1v) is 7.47. The average Bonchev–Trinajstić information content (AvgIpc) is 3.14. The van der Waals surface area contributed by atoms with Gasteiger partial charge in [0.1, 0.15) is 0 Å². The first-order valence-electron chi connectivity index (χ1n) is 6.59. The third kappa shape index (κ3) is 3.26. The van der Waals surface area contributed by atoms with E-state index in [1.807, 2.05) is 31.4 Å². The molecule has 2 aromatic heterocycles. The number of hydrogen-bond donors (Lipinski definition) is 2. The van der Waals surface area contributed by atoms with Crippen LogP contribution in [0.4, 0.5) is 0 Å². The molecule has 0 fully saturated rings. The van der Waals surface area contributed by atoms with Crippen molar-refractivity contribution in [2.75, 3.05) is 6.54 Å². The lowest BCUT2D eigenvalue weighted by Gasteiger charge is -2.24. The molecule has 0 aliphatic carbocycles. The average molecular weight is 294 g/mol. The number of thiophene rings is 1. The minimum absolute atomic E-state index is 0.208. The Kier molecular flexibility index (Phi) is 4.57. The molecule has 20 heavy (non-hydrogen) atoms. The number of nitrogens with zero attached hydrogens (tertiary/aromatic N) is 1. The highest BCUT2D eigenvalue weighted by Gasteiger charge is 2.24. The second-order valence-electron chi connectivity index (χ2n) is 4.67. The summed E-state index contributed by atoms with van der Waals surface area (Å²) in [5.41, 5.74) is -0.640. The van der Waals surface area contributed by atoms with Crippen molar-refractivity contribution in [1.82, 2.24) is 10.5 Å². The fourth-order valence-electron chi connectivity index (χ4n) is 1.75. The van der Waals surface area contributed by atoms with Gasteiger partial charge >= 0.3 is 0 Å². The standard InChI is InChI=1S/C14H18N2O3S/c1-3-14(18,4-2)9-15-13(17)10-8-11(19-16-10)12-6-5-7-20-12/h5-8,18H,3-4,9H2,1-2H3,(H,15,17). The Balaban J connectivity index is 2.00. The number of aliphatic hydroxyl groups is 1. The quantitative estimate of drug-likeness (QED) is 0.859. The number of nitrogens with one attached hydrogen (secondary N) is 1. The van der Waals surface area contributed by atoms with Crippen molar-refractivity contribution in [3.8, 4) is 10.6 Å². The zero-order valence-electron chi connectivity index (χ0n) is 11.5. The third-order valence-corrected chi connectivity index (χ3v) is 4.29. The second kappa shape index (κ2) is 6.19. The van der Waals surface area contributed by atoms with Crippen LogP contribution < -0.4 is 5.32 Å². The van der Waals surface area contributed by atoms with Crippen LogP contribution in [0.2, 0.25) is 0 Å². The monoisotopic (exact) mass is 294 g/mol. The number of hydrogen-bond acceptors (Lipinski definition) is 5. The fourth-order valence-corrected chi connectivity index (χ4v) is 2.43. The van der Waals surface area contributed by atoms with Gasteiger partial charge in [0.15, 0.2) is 11.5 Å². The lowest BCUT2D eigenvalue weighted by molar-refractivity contribution is 0.0312. The Bertz CT molecular complexity index is 559. The lowest BCUT2D eigenvalue weighted by atomic mass is 9.97. The first kappa shape index (κ1) is 14.7. The van der Waals surface area contributed by atoms with Crippen molar-refractivity contribution in [3.63, 3.8) is 0 Å². The highest BCUT2D eigenvalue weighted by atomic mass is 32.1. The fraction of sp³-hybridized carbons (Fsp3) is 0.429. The Hall–Kier alpha value is -1.66. The van der Waals surface area contributed by atoms with Gasteiger partial charge in [0.2, 0.25) is 0 Å². The molecule has 108 valence electrons. The summed E-state index contributed by atoms with van der Waals surface area (Å²) in [5, 5.41) is 18.5. The van der Waals surface area contributed by atoms with Crippen LogP contribution in [0.3, 0.4) is 0 Å². The topological polar surface area (TPSA) is 75.4 Å². The van der Waals surface area contributed by atoms with Gasteiger partial charge in [-0.3, -0.25) is 4.79 Å². The van der Waals surface area contributed by atoms with E-state index in [0.717, 1.165) is 4.88 Å². The van der Waals surface area contributed by atoms with E-state index in [0.29, 0.717) is 18.6 Å². The summed E-state index contributed by atoms with van der Waals surface area (Å²) in [7, 11) is 0. The Morgan fingerprint density at radius 1 is 1.50 bits per heavy atom. The molecule has 5 nitrogen and oxygen atoms in total. The number of aromatic nitrogens is 1. The Morgan fingerprint density at radius 2 is 2.25 bits per heavy atom. The van der Waals surface area contributed by atoms with Gasteiger partial charge in [-0.25, -0.2) is 0 Å². The van der Waals surface area contributed by atoms with Gasteiger partial charge < -0.3 is 14.9 Å². The summed E-state index contributed by atoms with van der Waals surface area (Å²) < 4.78 is 5.15. The molecule has 0 atom stereocenters. The van der Waals surface area contributed by atoms with Gasteiger partial charge in [-0.05, 0) is 24.3 Å². The maximum Gasteiger partial charge on any atom is 0.273 e. The molecule has 0 saturated heterocycles. The second-order valence-corrected chi connectivity index (χ2v) is 5.62. The maximum atomic E-state index is 12.0. The van der Waals surface area contributed by atoms with Crippen molar-refractivity contribution < 1.29 is 14.4 Å². The molecule has 2 heterocycles. The molecule has 6 heteroatoms. The SMILES string of the molecule is CCC(O)(CC)CNC(=O)c1cc(-c2cccs2)on1. The van der Waals surface area contributed by atoms with Gasteiger partial charge in [-0.15, -0.1) is 11.3 Å². The molecule has 0 radical (unpaired) electrons. The van der Waals surface area contributed by atoms with E-state index in [1.54, 1.807) is 6.07 Å². The van der Waals surface area contributed by atoms with Gasteiger partial charge in [0.25, 0.3) is 5.91 Å². The molecular formula is C14H18N2O3S. The number of carbonyl (C=O) groups excluding carboxylic acids is 1. The van der Waals surface area contributed by atoms with E-state index in [1.165, 1.54) is 11.3 Å². The van der Waals surface area contributed by atoms with E-state index < -0.39 is 5.60 Å². The zero-order valence-corrected chi connectivity index (χ0v) is 12.4. The molecule has 0 aliphatic rings. The van der Waals surface area contributed by atoms with Crippen LogP contribution in [-0.2, 0) is 0 Å². The van der Waals surface area contributed by atoms with E-state index in [2.05, 4.69) is 10.5 Å². The predicted molar refractivity (Wildman–Crippen MR) is 77.7 cm³/mol. The third-order valence-electron chi connectivity index (χ3n) is 3.40. The molecule has 0 spiro atoms. The van der Waals surface area contributed by atoms with Gasteiger partial charge in [-0.1, -0.05) is 25.1 Å². The van der Waals surface area contributed by atoms with Crippen molar-refractivity contribution in [2.24, 2.45) is 0 Å². The summed E-state index contributed by atoms with van der Waals surface area (Å²) in [5.74, 6) is 0.239. The van der Waals surface area contributed by atoms with E-state index in [9.17, 15) is 9.90 Å². The Labute approximate surface area is 121 Å². The normalized spacial score (nSPS) is 11.6. The smallest absolute Gasteiger partial charge is 0.273 e. The summed E-state index contributed by atoms with van der Waals surface area (Å²) in [4.78, 5) is 12.9. The molecule has 2 aromatic rings. The maximum absolute atomic E-state index is 12.0. The molecule has 0 unspecified atom stereocenters. The zero-order chi connectivity index (χ0) is 14.6. The minimum Gasteiger partial charge on any atom is -0.388 e. The molecular weight excluding hydrogens is 276 g/mol. The van der Waals surface area contributed by atoms with E-state index >= 15 is 0 Å². The highest BCUT2D eigenvalue weighted by molar-refractivity contribution is 7.13. The predicted octanol–water partition coefficient (Wildman–Crippen LogP) is 2.68. The summed E-state index contributed by atoms with van der Waals surface area (Å²) in [6.07, 6.45) is 1.17. The number of amides is 1. The van der Waals surface area contributed by atoms with Crippen LogP contribution in [0.25, 0.3) is 10.6 Å². The highest BCUT2D eigenvalue weighted by Crippen LogP contribution is 2.25. The van der Waals surface area contributed by atoms with Gasteiger partial charge in [0.05, 0.1) is 10.5 Å². The Morgan fingerprint density at radius 3 is 2.85 bits per heavy atom. The largest absolute Gasteiger partial charge is 0.388 e. The number of rotatable bonds is 6. The van der Waals surface area contributed by atoms with Gasteiger partial charge in [0, 0.05) is 12.6 Å². The van der Waals surface area contributed by atoms with Crippen LogP contribution >= 0.6 is 11.3 Å². The first-order chi connectivity index (χ1) is 9.58. The number of carbonyl (C=O) groups is 1. The van der Waals surface area contributed by atoms with Crippen LogP contribution in [0.5, 0.6) is 0 Å². The summed E-state index contributed by atoms with van der Waals surface area (Å²) in [6, 6.07) is 5.42. The van der Waals surface area contributed by atoms with Crippen LogP contribution in [0, 0.1) is 0 Å². The summed E-state index contributed by atoms with van der Waals surface area (Å²) >= 11 is 1.52. The molecule has 0 saturated carbocycles. The minimum atomic E-state index is -0.865. The van der Waals surface area contributed by atoms with Crippen molar-refractivity contribution in [3.05, 3.63) is 29.3 Å². The molecule has 2 N–H and O–H groups in total. The molecule has 0 bridgehead atoms.